The summed E-state index contributed by atoms with van der Waals surface area (Å²) in [7, 11) is 0. The third-order valence-electron chi connectivity index (χ3n) is 2.24. The van der Waals surface area contributed by atoms with Crippen molar-refractivity contribution in [2.24, 2.45) is 4.99 Å². The molecule has 0 radical (unpaired) electrons. The molecular formula is C9H16N2S. The van der Waals surface area contributed by atoms with Gasteiger partial charge in [0, 0.05) is 11.6 Å². The number of nitrogens with zero attached hydrogens (tertiary/aromatic N) is 1. The van der Waals surface area contributed by atoms with Gasteiger partial charge in [0.05, 0.1) is 11.2 Å². The molecule has 1 rings (SSSR count). The summed E-state index contributed by atoms with van der Waals surface area (Å²) in [4.78, 5) is 4.15. The van der Waals surface area contributed by atoms with Gasteiger partial charge in [-0.25, -0.2) is 4.99 Å². The van der Waals surface area contributed by atoms with Gasteiger partial charge in [-0.3, -0.25) is 0 Å². The van der Waals surface area contributed by atoms with Crippen LogP contribution in [0.25, 0.3) is 0 Å². The smallest absolute Gasteiger partial charge is 0.0634 e. The van der Waals surface area contributed by atoms with E-state index in [0.717, 1.165) is 12.8 Å². The van der Waals surface area contributed by atoms with Gasteiger partial charge in [-0.05, 0) is 45.8 Å². The van der Waals surface area contributed by atoms with E-state index in [1.165, 1.54) is 0 Å². The normalized spacial score (nSPS) is 33.9. The number of hydrogen-bond acceptors (Lipinski definition) is 3. The lowest BCUT2D eigenvalue weighted by molar-refractivity contribution is 0.231. The van der Waals surface area contributed by atoms with Crippen molar-refractivity contribution in [2.45, 2.75) is 51.2 Å². The number of nitrogens with one attached hydrogen (secondary N) is 1. The second-order valence-electron chi connectivity index (χ2n) is 4.24. The molecule has 0 aromatic rings. The van der Waals surface area contributed by atoms with Crippen LogP contribution in [0, 0.1) is 0 Å². The van der Waals surface area contributed by atoms with Crippen molar-refractivity contribution in [3.05, 3.63) is 0 Å². The highest BCUT2D eigenvalue weighted by atomic mass is 32.1. The van der Waals surface area contributed by atoms with Crippen molar-refractivity contribution < 1.29 is 0 Å². The molecule has 0 bridgehead atoms. The van der Waals surface area contributed by atoms with E-state index in [2.05, 4.69) is 48.5 Å². The molecule has 0 aromatic carbocycles. The van der Waals surface area contributed by atoms with E-state index in [9.17, 15) is 0 Å². The fraction of sp³-hybridized carbons (Fsp3) is 0.889. The molecule has 12 heavy (non-hydrogen) atoms. The maximum absolute atomic E-state index is 4.61. The highest BCUT2D eigenvalue weighted by Gasteiger charge is 2.30. The Morgan fingerprint density at radius 3 is 2.75 bits per heavy atom. The summed E-state index contributed by atoms with van der Waals surface area (Å²) >= 11 is 4.61. The largest absolute Gasteiger partial charge is 0.309 e. The van der Waals surface area contributed by atoms with Gasteiger partial charge in [0.25, 0.3) is 0 Å². The molecule has 3 heteroatoms. The molecule has 1 aliphatic rings. The topological polar surface area (TPSA) is 24.4 Å². The number of rotatable bonds is 1. The molecule has 1 fully saturated rings. The molecule has 68 valence electrons. The number of isothiocyanates is 1. The number of thiocarbonyl (C=S) groups is 1. The standard InChI is InChI=1S/C9H16N2S/c1-7-4-8(10-6-12)5-9(2,3)11-7/h7-8,11H,4-5H2,1-3H3. The van der Waals surface area contributed by atoms with Crippen molar-refractivity contribution >= 4 is 17.4 Å². The van der Waals surface area contributed by atoms with E-state index in [1.807, 2.05) is 0 Å². The van der Waals surface area contributed by atoms with Crippen LogP contribution in [0.5, 0.6) is 0 Å². The predicted molar refractivity (Wildman–Crippen MR) is 54.7 cm³/mol. The minimum Gasteiger partial charge on any atom is -0.309 e. The Balaban J connectivity index is 2.63. The Hall–Kier alpha value is -0.240. The van der Waals surface area contributed by atoms with Gasteiger partial charge in [-0.1, -0.05) is 0 Å². The van der Waals surface area contributed by atoms with Gasteiger partial charge < -0.3 is 5.32 Å². The average Bonchev–Trinajstić information content (AvgIpc) is 1.82. The molecular weight excluding hydrogens is 168 g/mol. The number of hydrogen-bond donors (Lipinski definition) is 1. The predicted octanol–water partition coefficient (Wildman–Crippen LogP) is 2.01. The third kappa shape index (κ3) is 2.67. The minimum atomic E-state index is 0.192. The Bertz CT molecular complexity index is 207. The van der Waals surface area contributed by atoms with Gasteiger partial charge >= 0.3 is 0 Å². The fourth-order valence-corrected chi connectivity index (χ4v) is 2.19. The van der Waals surface area contributed by atoms with E-state index in [1.54, 1.807) is 0 Å². The Kier molecular flexibility index (Phi) is 2.99. The zero-order chi connectivity index (χ0) is 9.19. The van der Waals surface area contributed by atoms with Crippen LogP contribution in [0.4, 0.5) is 0 Å². The van der Waals surface area contributed by atoms with E-state index in [0.29, 0.717) is 12.1 Å². The maximum Gasteiger partial charge on any atom is 0.0634 e. The Morgan fingerprint density at radius 1 is 1.58 bits per heavy atom. The summed E-state index contributed by atoms with van der Waals surface area (Å²) in [6.07, 6.45) is 2.13. The van der Waals surface area contributed by atoms with Crippen LogP contribution in [0.1, 0.15) is 33.6 Å². The molecule has 0 spiro atoms. The quantitative estimate of drug-likeness (QED) is 0.498. The van der Waals surface area contributed by atoms with Crippen LogP contribution in [0.2, 0.25) is 0 Å². The zero-order valence-corrected chi connectivity index (χ0v) is 8.74. The summed E-state index contributed by atoms with van der Waals surface area (Å²) in [6, 6.07) is 0.902. The summed E-state index contributed by atoms with van der Waals surface area (Å²) in [5.41, 5.74) is 0.192. The van der Waals surface area contributed by atoms with Crippen LogP contribution < -0.4 is 5.32 Å². The van der Waals surface area contributed by atoms with Gasteiger partial charge in [0.15, 0.2) is 0 Å². The van der Waals surface area contributed by atoms with E-state index in [4.69, 9.17) is 0 Å². The molecule has 1 N–H and O–H groups in total. The summed E-state index contributed by atoms with van der Waals surface area (Å²) < 4.78 is 0. The van der Waals surface area contributed by atoms with Crippen LogP contribution in [-0.2, 0) is 0 Å². The second kappa shape index (κ2) is 3.65. The lowest BCUT2D eigenvalue weighted by atomic mass is 9.86. The summed E-state index contributed by atoms with van der Waals surface area (Å²) in [6.45, 7) is 6.59. The highest BCUT2D eigenvalue weighted by molar-refractivity contribution is 7.78. The van der Waals surface area contributed by atoms with Crippen molar-refractivity contribution in [1.29, 1.82) is 0 Å². The first kappa shape index (κ1) is 9.85. The second-order valence-corrected chi connectivity index (χ2v) is 4.43. The SMILES string of the molecule is CC1CC(N=C=S)CC(C)(C)N1. The van der Waals surface area contributed by atoms with Crippen LogP contribution in [0.15, 0.2) is 4.99 Å². The lowest BCUT2D eigenvalue weighted by Gasteiger charge is -2.38. The Morgan fingerprint density at radius 2 is 2.25 bits per heavy atom. The lowest BCUT2D eigenvalue weighted by Crippen LogP contribution is -2.52. The fourth-order valence-electron chi connectivity index (χ4n) is 2.04. The van der Waals surface area contributed by atoms with Crippen molar-refractivity contribution in [2.75, 3.05) is 0 Å². The maximum atomic E-state index is 4.61. The van der Waals surface area contributed by atoms with Crippen molar-refractivity contribution in [3.63, 3.8) is 0 Å². The molecule has 0 amide bonds. The Labute approximate surface area is 79.5 Å². The number of piperidine rings is 1. The highest BCUT2D eigenvalue weighted by Crippen LogP contribution is 2.23. The summed E-state index contributed by atoms with van der Waals surface area (Å²) in [5.74, 6) is 0. The molecule has 0 saturated carbocycles. The minimum absolute atomic E-state index is 0.192. The zero-order valence-electron chi connectivity index (χ0n) is 7.92. The molecule has 0 aliphatic carbocycles. The average molecular weight is 184 g/mol. The molecule has 2 unspecified atom stereocenters. The van der Waals surface area contributed by atoms with Gasteiger partial charge in [-0.2, -0.15) is 0 Å². The first-order valence-corrected chi connectivity index (χ1v) is 4.79. The van der Waals surface area contributed by atoms with Crippen molar-refractivity contribution in [1.82, 2.24) is 5.32 Å². The van der Waals surface area contributed by atoms with Gasteiger partial charge in [-0.15, -0.1) is 0 Å². The molecule has 1 aliphatic heterocycles. The molecule has 0 aromatic heterocycles. The van der Waals surface area contributed by atoms with Crippen LogP contribution in [-0.4, -0.2) is 22.8 Å². The first-order valence-electron chi connectivity index (χ1n) is 4.38. The first-order chi connectivity index (χ1) is 5.53. The van der Waals surface area contributed by atoms with Gasteiger partial charge in [0.1, 0.15) is 0 Å². The molecule has 1 heterocycles. The third-order valence-corrected chi connectivity index (χ3v) is 2.35. The van der Waals surface area contributed by atoms with E-state index in [-0.39, 0.29) is 5.54 Å². The molecule has 2 atom stereocenters. The van der Waals surface area contributed by atoms with Crippen molar-refractivity contribution in [3.8, 4) is 0 Å². The van der Waals surface area contributed by atoms with Crippen LogP contribution in [0.3, 0.4) is 0 Å². The molecule has 2 nitrogen and oxygen atoms in total. The van der Waals surface area contributed by atoms with E-state index >= 15 is 0 Å². The summed E-state index contributed by atoms with van der Waals surface area (Å²) in [5, 5.41) is 6.00. The molecule has 1 saturated heterocycles. The number of aliphatic imine (C=N–C) groups is 1. The monoisotopic (exact) mass is 184 g/mol. The van der Waals surface area contributed by atoms with Crippen LogP contribution >= 0.6 is 12.2 Å². The van der Waals surface area contributed by atoms with E-state index < -0.39 is 0 Å². The van der Waals surface area contributed by atoms with Gasteiger partial charge in [0.2, 0.25) is 0 Å².